The fourth-order valence-electron chi connectivity index (χ4n) is 1.72. The zero-order valence-electron chi connectivity index (χ0n) is 9.51. The minimum atomic E-state index is 0.628. The molecule has 0 saturated heterocycles. The van der Waals surface area contributed by atoms with Gasteiger partial charge in [-0.25, -0.2) is 9.97 Å². The van der Waals surface area contributed by atoms with Crippen LogP contribution in [-0.2, 0) is 0 Å². The molecule has 0 aromatic carbocycles. The van der Waals surface area contributed by atoms with Crippen LogP contribution in [0.4, 0.5) is 5.95 Å². The first-order valence-corrected chi connectivity index (χ1v) is 6.04. The summed E-state index contributed by atoms with van der Waals surface area (Å²) in [7, 11) is 1.82. The fourth-order valence-corrected chi connectivity index (χ4v) is 2.59. The number of thiophene rings is 1. The molecule has 1 N–H and O–H groups in total. The van der Waals surface area contributed by atoms with Crippen molar-refractivity contribution in [3.05, 3.63) is 29.7 Å². The molecule has 6 heteroatoms. The summed E-state index contributed by atoms with van der Waals surface area (Å²) in [5.41, 5.74) is 0. The highest BCUT2D eigenvalue weighted by molar-refractivity contribution is 7.18. The van der Waals surface area contributed by atoms with Crippen molar-refractivity contribution >= 4 is 27.5 Å². The number of anilines is 1. The Morgan fingerprint density at radius 1 is 1.35 bits per heavy atom. The standard InChI is InChI=1S/C11H11N5S/c1-7-5-8-9(16-4-3-13-6-16)14-11(12-2)15-10(8)17-7/h3-6H,1-2H3,(H,12,14,15). The first kappa shape index (κ1) is 10.2. The highest BCUT2D eigenvalue weighted by Gasteiger charge is 2.11. The molecule has 0 fully saturated rings. The summed E-state index contributed by atoms with van der Waals surface area (Å²) in [4.78, 5) is 15.2. The number of aromatic nitrogens is 4. The number of hydrogen-bond donors (Lipinski definition) is 1. The van der Waals surface area contributed by atoms with Crippen LogP contribution in [0.25, 0.3) is 16.0 Å². The molecule has 17 heavy (non-hydrogen) atoms. The molecule has 0 aliphatic carbocycles. The van der Waals surface area contributed by atoms with Gasteiger partial charge in [-0.3, -0.25) is 4.57 Å². The Morgan fingerprint density at radius 2 is 2.24 bits per heavy atom. The molecule has 3 aromatic heterocycles. The molecule has 0 atom stereocenters. The Labute approximate surface area is 102 Å². The molecular formula is C11H11N5S. The van der Waals surface area contributed by atoms with Crippen LogP contribution in [0.2, 0.25) is 0 Å². The minimum absolute atomic E-state index is 0.628. The lowest BCUT2D eigenvalue weighted by atomic mass is 10.3. The third-order valence-electron chi connectivity index (χ3n) is 2.47. The van der Waals surface area contributed by atoms with Crippen molar-refractivity contribution in [1.29, 1.82) is 0 Å². The molecular weight excluding hydrogens is 234 g/mol. The lowest BCUT2D eigenvalue weighted by Gasteiger charge is -2.05. The fraction of sp³-hybridized carbons (Fsp3) is 0.182. The average molecular weight is 245 g/mol. The summed E-state index contributed by atoms with van der Waals surface area (Å²) in [6.45, 7) is 2.07. The van der Waals surface area contributed by atoms with Crippen molar-refractivity contribution in [3.8, 4) is 5.82 Å². The Balaban J connectivity index is 2.34. The van der Waals surface area contributed by atoms with Crippen LogP contribution >= 0.6 is 11.3 Å². The van der Waals surface area contributed by atoms with E-state index in [9.17, 15) is 0 Å². The van der Waals surface area contributed by atoms with Crippen molar-refractivity contribution in [3.63, 3.8) is 0 Å². The second-order valence-corrected chi connectivity index (χ2v) is 4.90. The smallest absolute Gasteiger partial charge is 0.225 e. The largest absolute Gasteiger partial charge is 0.357 e. The van der Waals surface area contributed by atoms with Gasteiger partial charge in [0.15, 0.2) is 5.82 Å². The van der Waals surface area contributed by atoms with Crippen LogP contribution in [0.3, 0.4) is 0 Å². The number of imidazole rings is 1. The molecule has 0 saturated carbocycles. The summed E-state index contributed by atoms with van der Waals surface area (Å²) in [6.07, 6.45) is 5.37. The van der Waals surface area contributed by atoms with Gasteiger partial charge in [-0.15, -0.1) is 11.3 Å². The van der Waals surface area contributed by atoms with Gasteiger partial charge >= 0.3 is 0 Å². The Bertz CT molecular complexity index is 656. The van der Waals surface area contributed by atoms with E-state index in [2.05, 4.69) is 33.3 Å². The monoisotopic (exact) mass is 245 g/mol. The molecule has 0 amide bonds. The summed E-state index contributed by atoms with van der Waals surface area (Å²) in [5, 5.41) is 4.04. The van der Waals surface area contributed by atoms with E-state index in [1.165, 1.54) is 4.88 Å². The highest BCUT2D eigenvalue weighted by Crippen LogP contribution is 2.28. The molecule has 3 aromatic rings. The van der Waals surface area contributed by atoms with Crippen LogP contribution in [0.5, 0.6) is 0 Å². The van der Waals surface area contributed by atoms with E-state index in [0.29, 0.717) is 5.95 Å². The first-order chi connectivity index (χ1) is 8.28. The minimum Gasteiger partial charge on any atom is -0.357 e. The second kappa shape index (κ2) is 3.81. The summed E-state index contributed by atoms with van der Waals surface area (Å²) in [6, 6.07) is 2.11. The zero-order valence-corrected chi connectivity index (χ0v) is 10.3. The number of aryl methyl sites for hydroxylation is 1. The highest BCUT2D eigenvalue weighted by atomic mass is 32.1. The lowest BCUT2D eigenvalue weighted by molar-refractivity contribution is 0.995. The number of hydrogen-bond acceptors (Lipinski definition) is 5. The maximum Gasteiger partial charge on any atom is 0.225 e. The van der Waals surface area contributed by atoms with Crippen LogP contribution in [0, 0.1) is 6.92 Å². The Kier molecular flexibility index (Phi) is 2.29. The number of nitrogens with zero attached hydrogens (tertiary/aromatic N) is 4. The van der Waals surface area contributed by atoms with Gasteiger partial charge < -0.3 is 5.32 Å². The summed E-state index contributed by atoms with van der Waals surface area (Å²) < 4.78 is 1.90. The molecule has 0 aliphatic heterocycles. The van der Waals surface area contributed by atoms with Crippen molar-refractivity contribution in [2.75, 3.05) is 12.4 Å². The quantitative estimate of drug-likeness (QED) is 0.752. The van der Waals surface area contributed by atoms with E-state index < -0.39 is 0 Å². The van der Waals surface area contributed by atoms with Gasteiger partial charge in [-0.05, 0) is 13.0 Å². The molecule has 3 heterocycles. The third-order valence-corrected chi connectivity index (χ3v) is 3.41. The Morgan fingerprint density at radius 3 is 2.94 bits per heavy atom. The predicted molar refractivity (Wildman–Crippen MR) is 68.8 cm³/mol. The van der Waals surface area contributed by atoms with Gasteiger partial charge in [0.2, 0.25) is 5.95 Å². The van der Waals surface area contributed by atoms with E-state index in [4.69, 9.17) is 0 Å². The van der Waals surface area contributed by atoms with Gasteiger partial charge in [0, 0.05) is 24.3 Å². The van der Waals surface area contributed by atoms with Gasteiger partial charge in [-0.1, -0.05) is 0 Å². The predicted octanol–water partition coefficient (Wildman–Crippen LogP) is 2.23. The van der Waals surface area contributed by atoms with Gasteiger partial charge in [0.25, 0.3) is 0 Å². The van der Waals surface area contributed by atoms with Gasteiger partial charge in [-0.2, -0.15) is 4.98 Å². The van der Waals surface area contributed by atoms with Crippen LogP contribution in [0.1, 0.15) is 4.88 Å². The summed E-state index contributed by atoms with van der Waals surface area (Å²) >= 11 is 1.67. The van der Waals surface area contributed by atoms with E-state index in [-0.39, 0.29) is 0 Å². The second-order valence-electron chi connectivity index (χ2n) is 3.67. The molecule has 3 rings (SSSR count). The number of fused-ring (bicyclic) bond motifs is 1. The van der Waals surface area contributed by atoms with E-state index in [1.54, 1.807) is 23.9 Å². The molecule has 0 spiro atoms. The maximum absolute atomic E-state index is 4.48. The van der Waals surface area contributed by atoms with E-state index >= 15 is 0 Å². The summed E-state index contributed by atoms with van der Waals surface area (Å²) in [5.74, 6) is 1.49. The molecule has 0 aliphatic rings. The van der Waals surface area contributed by atoms with Crippen molar-refractivity contribution in [1.82, 2.24) is 19.5 Å². The van der Waals surface area contributed by atoms with Crippen LogP contribution in [-0.4, -0.2) is 26.6 Å². The normalized spacial score (nSPS) is 10.9. The Hall–Kier alpha value is -1.95. The zero-order chi connectivity index (χ0) is 11.8. The van der Waals surface area contributed by atoms with E-state index in [1.807, 2.05) is 17.8 Å². The maximum atomic E-state index is 4.48. The molecule has 5 nitrogen and oxygen atoms in total. The molecule has 0 unspecified atom stereocenters. The third kappa shape index (κ3) is 1.66. The topological polar surface area (TPSA) is 55.6 Å². The average Bonchev–Trinajstić information content (AvgIpc) is 2.94. The lowest BCUT2D eigenvalue weighted by Crippen LogP contribution is -2.01. The first-order valence-electron chi connectivity index (χ1n) is 5.22. The number of rotatable bonds is 2. The van der Waals surface area contributed by atoms with E-state index in [0.717, 1.165) is 16.0 Å². The van der Waals surface area contributed by atoms with Gasteiger partial charge in [0.05, 0.1) is 5.39 Å². The SMILES string of the molecule is CNc1nc(-n2ccnc2)c2cc(C)sc2n1. The molecule has 0 bridgehead atoms. The molecule has 0 radical (unpaired) electrons. The van der Waals surface area contributed by atoms with Crippen molar-refractivity contribution < 1.29 is 0 Å². The van der Waals surface area contributed by atoms with Crippen molar-refractivity contribution in [2.45, 2.75) is 6.92 Å². The van der Waals surface area contributed by atoms with Crippen molar-refractivity contribution in [2.24, 2.45) is 0 Å². The molecule has 86 valence electrons. The number of nitrogens with one attached hydrogen (secondary N) is 1. The van der Waals surface area contributed by atoms with Crippen LogP contribution in [0.15, 0.2) is 24.8 Å². The van der Waals surface area contributed by atoms with Crippen LogP contribution < -0.4 is 5.32 Å². The van der Waals surface area contributed by atoms with Gasteiger partial charge in [0.1, 0.15) is 11.2 Å².